The summed E-state index contributed by atoms with van der Waals surface area (Å²) < 4.78 is 42.2. The van der Waals surface area contributed by atoms with Crippen LogP contribution in [0, 0.1) is 34.5 Å². The van der Waals surface area contributed by atoms with Crippen LogP contribution in [0.3, 0.4) is 0 Å². The smallest absolute Gasteiger partial charge is 0.331 e. The molecule has 7 unspecified atom stereocenters. The Morgan fingerprint density at radius 3 is 1.89 bits per heavy atom. The fraction of sp³-hybridized carbons (Fsp3) is 0.927. The van der Waals surface area contributed by atoms with E-state index in [2.05, 4.69) is 13.8 Å². The Morgan fingerprint density at radius 2 is 1.30 bits per heavy atom. The first kappa shape index (κ1) is 39.6. The lowest BCUT2D eigenvalue weighted by molar-refractivity contribution is -0.336. The number of carbonyl (C=O) groups excluding carboxylic acids is 1. The van der Waals surface area contributed by atoms with Gasteiger partial charge in [0.2, 0.25) is 0 Å². The lowest BCUT2D eigenvalue weighted by Crippen LogP contribution is -2.62. The molecular formula is C41H64O13. The van der Waals surface area contributed by atoms with Gasteiger partial charge in [0.05, 0.1) is 48.3 Å². The molecule has 13 nitrogen and oxygen atoms in total. The fourth-order valence-electron chi connectivity index (χ4n) is 12.8. The van der Waals surface area contributed by atoms with Crippen molar-refractivity contribution in [2.75, 3.05) is 6.61 Å². The molecule has 306 valence electrons. The zero-order chi connectivity index (χ0) is 38.3. The summed E-state index contributed by atoms with van der Waals surface area (Å²) in [4.78, 5) is 11.9. The number of ether oxygens (including phenoxy) is 7. The number of carbonyl (C=O) groups is 1. The normalized spacial score (nSPS) is 55.0. The van der Waals surface area contributed by atoms with E-state index in [4.69, 9.17) is 33.2 Å². The van der Waals surface area contributed by atoms with Crippen molar-refractivity contribution in [1.82, 2.24) is 0 Å². The molecule has 8 aliphatic rings. The Morgan fingerprint density at radius 1 is 0.685 bits per heavy atom. The molecule has 20 atom stereocenters. The molecule has 0 aromatic heterocycles. The second-order valence-electron chi connectivity index (χ2n) is 18.7. The Balaban J connectivity index is 0.826. The molecule has 0 aromatic carbocycles. The number of hydrogen-bond acceptors (Lipinski definition) is 13. The molecule has 0 amide bonds. The maximum Gasteiger partial charge on any atom is 0.331 e. The third-order valence-corrected chi connectivity index (χ3v) is 15.9. The number of cyclic esters (lactones) is 1. The van der Waals surface area contributed by atoms with Gasteiger partial charge in [-0.3, -0.25) is 0 Å². The van der Waals surface area contributed by atoms with E-state index in [0.29, 0.717) is 18.4 Å². The van der Waals surface area contributed by atoms with Gasteiger partial charge in [-0.05, 0) is 113 Å². The van der Waals surface area contributed by atoms with E-state index >= 15 is 0 Å². The highest BCUT2D eigenvalue weighted by Crippen LogP contribution is 2.70. The highest BCUT2D eigenvalue weighted by molar-refractivity contribution is 5.85. The van der Waals surface area contributed by atoms with Crippen LogP contribution in [0.15, 0.2) is 11.6 Å². The Labute approximate surface area is 319 Å². The molecule has 0 spiro atoms. The van der Waals surface area contributed by atoms with Crippen molar-refractivity contribution >= 4 is 5.97 Å². The van der Waals surface area contributed by atoms with Crippen LogP contribution in [0.25, 0.3) is 0 Å². The fourth-order valence-corrected chi connectivity index (χ4v) is 12.8. The van der Waals surface area contributed by atoms with Gasteiger partial charge in [-0.15, -0.1) is 0 Å². The minimum absolute atomic E-state index is 0.0243. The SMILES string of the molecule is CC1O[C@@H](O[C@H]2C(C)O[C@@H](O[C@H]3C(C)O[C@@H](O[C@H]4CCC5(C)C6CCC7(C)[C@@H](C8=CC(=O)OC8)CCC7(O)[C@@H]6CC[C@H]5C4)C[C@H]3O)C[C@H]2O)C[C@@H](O)[C@H]1O. The number of rotatable bonds is 7. The van der Waals surface area contributed by atoms with Crippen molar-refractivity contribution < 1.29 is 63.5 Å². The quantitative estimate of drug-likeness (QED) is 0.188. The maximum absolute atomic E-state index is 12.6. The molecule has 0 radical (unpaired) electrons. The third kappa shape index (κ3) is 6.82. The molecule has 4 aliphatic heterocycles. The first-order chi connectivity index (χ1) is 25.6. The van der Waals surface area contributed by atoms with Crippen LogP contribution in [-0.4, -0.2) is 124 Å². The van der Waals surface area contributed by atoms with Crippen LogP contribution in [0.1, 0.15) is 112 Å². The van der Waals surface area contributed by atoms with E-state index in [9.17, 15) is 30.3 Å². The second kappa shape index (κ2) is 14.9. The van der Waals surface area contributed by atoms with E-state index in [1.807, 2.05) is 6.92 Å². The molecule has 0 bridgehead atoms. The van der Waals surface area contributed by atoms with Crippen molar-refractivity contribution in [3.63, 3.8) is 0 Å². The van der Waals surface area contributed by atoms with Crippen molar-refractivity contribution in [1.29, 1.82) is 0 Å². The van der Waals surface area contributed by atoms with Crippen LogP contribution in [-0.2, 0) is 38.0 Å². The van der Waals surface area contributed by atoms with Crippen molar-refractivity contribution in [3.8, 4) is 0 Å². The van der Waals surface area contributed by atoms with Gasteiger partial charge in [0.25, 0.3) is 0 Å². The van der Waals surface area contributed by atoms with Gasteiger partial charge in [-0.25, -0.2) is 4.79 Å². The maximum atomic E-state index is 12.6. The molecule has 13 heteroatoms. The predicted molar refractivity (Wildman–Crippen MR) is 191 cm³/mol. The lowest BCUT2D eigenvalue weighted by atomic mass is 9.43. The number of aliphatic hydroxyl groups excluding tert-OH is 4. The average Bonchev–Trinajstić information content (AvgIpc) is 3.66. The first-order valence-electron chi connectivity index (χ1n) is 20.8. The topological polar surface area (TPSA) is 183 Å². The molecule has 5 N–H and O–H groups in total. The van der Waals surface area contributed by atoms with Gasteiger partial charge in [-0.1, -0.05) is 13.8 Å². The molecule has 54 heavy (non-hydrogen) atoms. The van der Waals surface area contributed by atoms with E-state index in [0.717, 1.165) is 63.4 Å². The highest BCUT2D eigenvalue weighted by atomic mass is 16.7. The highest BCUT2D eigenvalue weighted by Gasteiger charge is 2.68. The van der Waals surface area contributed by atoms with Crippen molar-refractivity contribution in [3.05, 3.63) is 11.6 Å². The van der Waals surface area contributed by atoms with Crippen molar-refractivity contribution in [2.45, 2.75) is 197 Å². The number of esters is 1. The largest absolute Gasteiger partial charge is 0.458 e. The Bertz CT molecular complexity index is 1370. The van der Waals surface area contributed by atoms with E-state index in [-0.39, 0.29) is 54.0 Å². The molecule has 8 rings (SSSR count). The molecule has 4 heterocycles. The van der Waals surface area contributed by atoms with Gasteiger partial charge in [0.1, 0.15) is 24.9 Å². The van der Waals surface area contributed by atoms with Gasteiger partial charge in [0, 0.05) is 30.8 Å². The monoisotopic (exact) mass is 764 g/mol. The number of hydrogen-bond donors (Lipinski definition) is 5. The first-order valence-corrected chi connectivity index (χ1v) is 20.8. The summed E-state index contributed by atoms with van der Waals surface area (Å²) in [5.41, 5.74) is 0.215. The summed E-state index contributed by atoms with van der Waals surface area (Å²) in [5, 5.41) is 55.0. The summed E-state index contributed by atoms with van der Waals surface area (Å²) in [6.45, 7) is 10.4. The molecular weight excluding hydrogens is 700 g/mol. The van der Waals surface area contributed by atoms with Crippen LogP contribution in [0.4, 0.5) is 0 Å². The van der Waals surface area contributed by atoms with Crippen LogP contribution in [0.5, 0.6) is 0 Å². The molecule has 4 saturated carbocycles. The van der Waals surface area contributed by atoms with Gasteiger partial charge in [0.15, 0.2) is 18.9 Å². The Hall–Kier alpha value is -1.23. The zero-order valence-electron chi connectivity index (χ0n) is 32.6. The Kier molecular flexibility index (Phi) is 10.9. The number of aliphatic hydroxyl groups is 5. The van der Waals surface area contributed by atoms with Gasteiger partial charge >= 0.3 is 5.97 Å². The molecule has 3 saturated heterocycles. The summed E-state index contributed by atoms with van der Waals surface area (Å²) in [6, 6.07) is 0. The summed E-state index contributed by atoms with van der Waals surface area (Å²) >= 11 is 0. The molecule has 7 fully saturated rings. The predicted octanol–water partition coefficient (Wildman–Crippen LogP) is 3.25. The van der Waals surface area contributed by atoms with Crippen molar-refractivity contribution in [2.24, 2.45) is 34.5 Å². The molecule has 0 aromatic rings. The lowest BCUT2D eigenvalue weighted by Gasteiger charge is -2.64. The summed E-state index contributed by atoms with van der Waals surface area (Å²) in [6.07, 6.45) is 1.90. The minimum Gasteiger partial charge on any atom is -0.458 e. The van der Waals surface area contributed by atoms with Crippen LogP contribution < -0.4 is 0 Å². The standard InChI is InChI=1S/C41H64O13/c1-20-36(46)29(42)16-34(49-20)53-38-22(3)51-35(18-31(38)44)54-37-21(2)50-33(17-30(37)43)52-25-8-11-39(4)24(15-25)6-7-28-27(39)9-12-40(5)26(10-13-41(28,40)47)23-14-32(45)48-19-23/h14,20-22,24-31,33-38,42-44,46-47H,6-13,15-19H2,1-5H3/t20?,21?,22?,24-,25-,26+,27?,28+,29+,30+,31+,33-,34-,35-,36-,37-,38-,39?,40?,41?/m0/s1. The van der Waals surface area contributed by atoms with E-state index in [1.54, 1.807) is 19.9 Å². The summed E-state index contributed by atoms with van der Waals surface area (Å²) in [5.74, 6) is 1.13. The second-order valence-corrected chi connectivity index (χ2v) is 18.7. The summed E-state index contributed by atoms with van der Waals surface area (Å²) in [7, 11) is 0. The van der Waals surface area contributed by atoms with Crippen LogP contribution in [0.2, 0.25) is 0 Å². The average molecular weight is 765 g/mol. The zero-order valence-corrected chi connectivity index (χ0v) is 32.6. The minimum atomic E-state index is -0.996. The van der Waals surface area contributed by atoms with E-state index in [1.165, 1.54) is 0 Å². The van der Waals surface area contributed by atoms with Gasteiger partial charge in [-0.2, -0.15) is 0 Å². The third-order valence-electron chi connectivity index (χ3n) is 15.9. The van der Waals surface area contributed by atoms with E-state index < -0.39 is 79.4 Å². The van der Waals surface area contributed by atoms with Crippen LogP contribution >= 0.6 is 0 Å². The number of fused-ring (bicyclic) bond motifs is 5. The van der Waals surface area contributed by atoms with Gasteiger partial charge < -0.3 is 58.7 Å². The molecule has 4 aliphatic carbocycles.